The third-order valence-corrected chi connectivity index (χ3v) is 3.18. The highest BCUT2D eigenvalue weighted by molar-refractivity contribution is 5.08. The second-order valence-electron chi connectivity index (χ2n) is 4.16. The maximum atomic E-state index is 11.5. The minimum Gasteiger partial charge on any atom is -0.396 e. The van der Waals surface area contributed by atoms with Gasteiger partial charge in [0.1, 0.15) is 0 Å². The quantitative estimate of drug-likeness (QED) is 0.591. The van der Waals surface area contributed by atoms with Gasteiger partial charge >= 0.3 is 5.69 Å². The zero-order valence-corrected chi connectivity index (χ0v) is 8.88. The molecule has 6 heteroatoms. The van der Waals surface area contributed by atoms with Crippen molar-refractivity contribution in [2.75, 3.05) is 13.2 Å². The van der Waals surface area contributed by atoms with Gasteiger partial charge in [-0.15, -0.1) is 0 Å². The van der Waals surface area contributed by atoms with Crippen molar-refractivity contribution in [3.63, 3.8) is 0 Å². The van der Waals surface area contributed by atoms with Gasteiger partial charge in [-0.2, -0.15) is 0 Å². The molecule has 1 unspecified atom stereocenters. The van der Waals surface area contributed by atoms with Crippen LogP contribution < -0.4 is 11.2 Å². The SMILES string of the molecule is Cc1cn(C2[C@@H](CO)[C@H]2CO)c(=O)[nH]c1=O. The standard InChI is InChI=1S/C10H14N2O4/c1-5-2-12(10(16)11-9(5)15)8-6(3-13)7(8)4-14/h2,6-8,13-14H,3-4H2,1H3,(H,11,15,16)/t6-,7+,8?. The molecule has 1 heterocycles. The summed E-state index contributed by atoms with van der Waals surface area (Å²) in [7, 11) is 0. The fraction of sp³-hybridized carbons (Fsp3) is 0.600. The Kier molecular flexibility index (Phi) is 2.69. The Bertz CT molecular complexity index is 494. The molecule has 0 radical (unpaired) electrons. The van der Waals surface area contributed by atoms with Crippen LogP contribution in [0.2, 0.25) is 0 Å². The van der Waals surface area contributed by atoms with Crippen LogP contribution in [0.25, 0.3) is 0 Å². The van der Waals surface area contributed by atoms with Gasteiger partial charge in [-0.25, -0.2) is 4.79 Å². The molecule has 2 rings (SSSR count). The molecule has 0 amide bonds. The molecule has 16 heavy (non-hydrogen) atoms. The number of H-pyrrole nitrogens is 1. The largest absolute Gasteiger partial charge is 0.396 e. The lowest BCUT2D eigenvalue weighted by molar-refractivity contribution is 0.232. The van der Waals surface area contributed by atoms with Crippen LogP contribution in [0.15, 0.2) is 15.8 Å². The predicted octanol–water partition coefficient (Wildman–Crippen LogP) is -1.38. The molecule has 0 bridgehead atoms. The Labute approximate surface area is 91.2 Å². The summed E-state index contributed by atoms with van der Waals surface area (Å²) in [4.78, 5) is 24.9. The third-order valence-electron chi connectivity index (χ3n) is 3.18. The second-order valence-corrected chi connectivity index (χ2v) is 4.16. The van der Waals surface area contributed by atoms with E-state index in [0.29, 0.717) is 5.56 Å². The molecule has 0 aliphatic heterocycles. The first-order valence-corrected chi connectivity index (χ1v) is 5.14. The Morgan fingerprint density at radius 2 is 1.88 bits per heavy atom. The van der Waals surface area contributed by atoms with Gasteiger partial charge in [0.05, 0.1) is 0 Å². The molecule has 1 aliphatic carbocycles. The highest BCUT2D eigenvalue weighted by atomic mass is 16.3. The molecule has 1 saturated carbocycles. The van der Waals surface area contributed by atoms with Crippen molar-refractivity contribution in [3.8, 4) is 0 Å². The molecule has 0 saturated heterocycles. The lowest BCUT2D eigenvalue weighted by atomic mass is 10.3. The Morgan fingerprint density at radius 3 is 2.38 bits per heavy atom. The number of rotatable bonds is 3. The van der Waals surface area contributed by atoms with Crippen LogP contribution in [0, 0.1) is 18.8 Å². The maximum absolute atomic E-state index is 11.5. The molecular weight excluding hydrogens is 212 g/mol. The summed E-state index contributed by atoms with van der Waals surface area (Å²) in [5, 5.41) is 18.1. The Morgan fingerprint density at radius 1 is 1.31 bits per heavy atom. The molecule has 0 spiro atoms. The van der Waals surface area contributed by atoms with Crippen LogP contribution in [0.4, 0.5) is 0 Å². The lowest BCUT2D eigenvalue weighted by Gasteiger charge is -2.04. The average Bonchev–Trinajstić information content (AvgIpc) is 2.96. The van der Waals surface area contributed by atoms with Crippen molar-refractivity contribution < 1.29 is 10.2 Å². The second kappa shape index (κ2) is 3.88. The zero-order valence-electron chi connectivity index (χ0n) is 8.88. The molecule has 1 aromatic rings. The van der Waals surface area contributed by atoms with Gasteiger partial charge in [0, 0.05) is 42.9 Å². The Hall–Kier alpha value is -1.40. The fourth-order valence-corrected chi connectivity index (χ4v) is 2.13. The number of nitrogens with one attached hydrogen (secondary N) is 1. The summed E-state index contributed by atoms with van der Waals surface area (Å²) in [6, 6.07) is -0.210. The highest BCUT2D eigenvalue weighted by Gasteiger charge is 2.51. The number of aliphatic hydroxyl groups excluding tert-OH is 2. The minimum absolute atomic E-state index is 0.0689. The number of hydrogen-bond acceptors (Lipinski definition) is 4. The van der Waals surface area contributed by atoms with Crippen LogP contribution in [-0.2, 0) is 0 Å². The summed E-state index contributed by atoms with van der Waals surface area (Å²) in [6.45, 7) is 1.47. The van der Waals surface area contributed by atoms with Gasteiger partial charge in [-0.3, -0.25) is 14.3 Å². The predicted molar refractivity (Wildman–Crippen MR) is 56.2 cm³/mol. The molecule has 88 valence electrons. The number of hydrogen-bond donors (Lipinski definition) is 3. The molecule has 3 N–H and O–H groups in total. The smallest absolute Gasteiger partial charge is 0.328 e. The van der Waals surface area contributed by atoms with E-state index in [2.05, 4.69) is 4.98 Å². The number of aromatic amines is 1. The Balaban J connectivity index is 2.39. The summed E-state index contributed by atoms with van der Waals surface area (Å²) in [5.41, 5.74) is -0.446. The van der Waals surface area contributed by atoms with E-state index >= 15 is 0 Å². The fourth-order valence-electron chi connectivity index (χ4n) is 2.13. The van der Waals surface area contributed by atoms with E-state index in [9.17, 15) is 9.59 Å². The van der Waals surface area contributed by atoms with Crippen LogP contribution >= 0.6 is 0 Å². The zero-order chi connectivity index (χ0) is 11.9. The van der Waals surface area contributed by atoms with E-state index in [4.69, 9.17) is 10.2 Å². The van der Waals surface area contributed by atoms with E-state index < -0.39 is 11.2 Å². The van der Waals surface area contributed by atoms with Crippen LogP contribution in [0.1, 0.15) is 11.6 Å². The molecular formula is C10H14N2O4. The van der Waals surface area contributed by atoms with Crippen molar-refractivity contribution in [1.29, 1.82) is 0 Å². The van der Waals surface area contributed by atoms with Gasteiger partial charge in [-0.1, -0.05) is 0 Å². The molecule has 1 fully saturated rings. The summed E-state index contributed by atoms with van der Waals surface area (Å²) >= 11 is 0. The van der Waals surface area contributed by atoms with Crippen molar-refractivity contribution >= 4 is 0 Å². The molecule has 1 aromatic heterocycles. The third kappa shape index (κ3) is 1.60. The summed E-state index contributed by atoms with van der Waals surface area (Å²) in [5.74, 6) is -0.207. The van der Waals surface area contributed by atoms with Crippen molar-refractivity contribution in [2.45, 2.75) is 13.0 Å². The first-order valence-electron chi connectivity index (χ1n) is 5.14. The normalized spacial score (nSPS) is 28.1. The molecule has 1 aliphatic rings. The number of aryl methyl sites for hydroxylation is 1. The van der Waals surface area contributed by atoms with Crippen molar-refractivity contribution in [1.82, 2.24) is 9.55 Å². The number of aromatic nitrogens is 2. The molecule has 6 nitrogen and oxygen atoms in total. The monoisotopic (exact) mass is 226 g/mol. The van der Waals surface area contributed by atoms with Crippen LogP contribution in [-0.4, -0.2) is 33.0 Å². The van der Waals surface area contributed by atoms with E-state index in [1.165, 1.54) is 10.8 Å². The summed E-state index contributed by atoms with van der Waals surface area (Å²) < 4.78 is 1.39. The summed E-state index contributed by atoms with van der Waals surface area (Å²) in [6.07, 6.45) is 1.48. The van der Waals surface area contributed by atoms with Gasteiger partial charge < -0.3 is 10.2 Å². The topological polar surface area (TPSA) is 95.3 Å². The number of nitrogens with zero attached hydrogens (tertiary/aromatic N) is 1. The van der Waals surface area contributed by atoms with E-state index in [-0.39, 0.29) is 31.1 Å². The molecule has 3 atom stereocenters. The number of aliphatic hydroxyl groups is 2. The van der Waals surface area contributed by atoms with Gasteiger partial charge in [0.25, 0.3) is 5.56 Å². The van der Waals surface area contributed by atoms with Crippen LogP contribution in [0.3, 0.4) is 0 Å². The minimum atomic E-state index is -0.491. The van der Waals surface area contributed by atoms with E-state index in [0.717, 1.165) is 0 Å². The van der Waals surface area contributed by atoms with Crippen LogP contribution in [0.5, 0.6) is 0 Å². The lowest BCUT2D eigenvalue weighted by Crippen LogP contribution is -2.31. The highest BCUT2D eigenvalue weighted by Crippen LogP contribution is 2.48. The van der Waals surface area contributed by atoms with Crippen molar-refractivity contribution in [3.05, 3.63) is 32.6 Å². The average molecular weight is 226 g/mol. The van der Waals surface area contributed by atoms with Crippen molar-refractivity contribution in [2.24, 2.45) is 11.8 Å². The first kappa shape index (κ1) is 11.1. The van der Waals surface area contributed by atoms with Gasteiger partial charge in [-0.05, 0) is 6.92 Å². The first-order chi connectivity index (χ1) is 7.60. The molecule has 0 aromatic carbocycles. The van der Waals surface area contributed by atoms with Gasteiger partial charge in [0.15, 0.2) is 0 Å². The van der Waals surface area contributed by atoms with E-state index in [1.807, 2.05) is 0 Å². The maximum Gasteiger partial charge on any atom is 0.328 e. The van der Waals surface area contributed by atoms with Gasteiger partial charge in [0.2, 0.25) is 0 Å². The van der Waals surface area contributed by atoms with E-state index in [1.54, 1.807) is 6.92 Å².